The van der Waals surface area contributed by atoms with Gasteiger partial charge in [0.1, 0.15) is 5.41 Å². The Kier molecular flexibility index (Phi) is 3.84. The fourth-order valence-corrected chi connectivity index (χ4v) is 3.28. The van der Waals surface area contributed by atoms with Crippen LogP contribution in [0.5, 0.6) is 0 Å². The van der Waals surface area contributed by atoms with Crippen LogP contribution in [0, 0.1) is 6.92 Å². The van der Waals surface area contributed by atoms with Crippen LogP contribution in [0.4, 0.5) is 0 Å². The second-order valence-corrected chi connectivity index (χ2v) is 6.36. The van der Waals surface area contributed by atoms with Crippen LogP contribution in [0.3, 0.4) is 0 Å². The zero-order valence-electron chi connectivity index (χ0n) is 14.1. The van der Waals surface area contributed by atoms with Gasteiger partial charge < -0.3 is 14.1 Å². The van der Waals surface area contributed by atoms with Gasteiger partial charge in [-0.15, -0.1) is 0 Å². The first-order chi connectivity index (χ1) is 12.5. The van der Waals surface area contributed by atoms with Gasteiger partial charge in [0, 0.05) is 19.3 Å². The molecular weight excluding hydrogens is 340 g/mol. The summed E-state index contributed by atoms with van der Waals surface area (Å²) in [5, 5.41) is 4.36. The van der Waals surface area contributed by atoms with E-state index in [9.17, 15) is 14.4 Å². The minimum absolute atomic E-state index is 0.210. The maximum Gasteiger partial charge on any atom is 0.347 e. The molecule has 8 heteroatoms. The van der Waals surface area contributed by atoms with E-state index in [0.29, 0.717) is 42.6 Å². The standard InChI is InChI=1S/C18H16N2O6/c1-11-10-14(25-19-11)18(6-8-24-9-7-18)17(23)26-20-15(21)12-4-2-3-5-13(12)16(20)22/h2-5,10H,6-9H2,1H3. The zero-order valence-corrected chi connectivity index (χ0v) is 14.1. The van der Waals surface area contributed by atoms with E-state index in [2.05, 4.69) is 5.16 Å². The van der Waals surface area contributed by atoms with E-state index in [0.717, 1.165) is 0 Å². The van der Waals surface area contributed by atoms with Crippen molar-refractivity contribution < 1.29 is 28.5 Å². The van der Waals surface area contributed by atoms with Crippen LogP contribution in [0.25, 0.3) is 0 Å². The number of imide groups is 1. The van der Waals surface area contributed by atoms with Gasteiger partial charge in [-0.3, -0.25) is 9.59 Å². The Morgan fingerprint density at radius 1 is 1.15 bits per heavy atom. The van der Waals surface area contributed by atoms with Crippen LogP contribution in [0.2, 0.25) is 0 Å². The number of aryl methyl sites for hydroxylation is 1. The van der Waals surface area contributed by atoms with Gasteiger partial charge in [-0.25, -0.2) is 4.79 Å². The predicted octanol–water partition coefficient (Wildman–Crippen LogP) is 1.79. The molecule has 2 aliphatic rings. The monoisotopic (exact) mass is 356 g/mol. The summed E-state index contributed by atoms with van der Waals surface area (Å²) in [6, 6.07) is 8.00. The number of nitrogens with zero attached hydrogens (tertiary/aromatic N) is 2. The van der Waals surface area contributed by atoms with Crippen LogP contribution in [-0.2, 0) is 19.8 Å². The Bertz CT molecular complexity index is 862. The molecule has 0 saturated carbocycles. The molecule has 1 aromatic heterocycles. The number of ether oxygens (including phenoxy) is 1. The molecule has 0 aliphatic carbocycles. The second-order valence-electron chi connectivity index (χ2n) is 6.36. The maximum absolute atomic E-state index is 13.0. The first kappa shape index (κ1) is 16.5. The van der Waals surface area contributed by atoms with Crippen LogP contribution in [0.15, 0.2) is 34.9 Å². The molecule has 0 bridgehead atoms. The number of amides is 2. The van der Waals surface area contributed by atoms with Crippen molar-refractivity contribution in [3.8, 4) is 0 Å². The molecule has 2 aromatic rings. The summed E-state index contributed by atoms with van der Waals surface area (Å²) >= 11 is 0. The van der Waals surface area contributed by atoms with Crippen LogP contribution in [0.1, 0.15) is 45.0 Å². The van der Waals surface area contributed by atoms with Gasteiger partial charge in [0.25, 0.3) is 11.8 Å². The minimum Gasteiger partial charge on any atom is -0.381 e. The van der Waals surface area contributed by atoms with E-state index < -0.39 is 23.2 Å². The topological polar surface area (TPSA) is 98.9 Å². The highest BCUT2D eigenvalue weighted by Gasteiger charge is 2.50. The van der Waals surface area contributed by atoms with Crippen molar-refractivity contribution in [3.05, 3.63) is 52.9 Å². The lowest BCUT2D eigenvalue weighted by Crippen LogP contribution is -2.46. The second kappa shape index (κ2) is 6.06. The highest BCUT2D eigenvalue weighted by molar-refractivity contribution is 6.21. The van der Waals surface area contributed by atoms with Crippen molar-refractivity contribution >= 4 is 17.8 Å². The maximum atomic E-state index is 13.0. The molecule has 4 rings (SSSR count). The molecular formula is C18H16N2O6. The minimum atomic E-state index is -1.14. The lowest BCUT2D eigenvalue weighted by molar-refractivity contribution is -0.180. The van der Waals surface area contributed by atoms with Crippen molar-refractivity contribution in [2.24, 2.45) is 0 Å². The lowest BCUT2D eigenvalue weighted by atomic mass is 9.78. The smallest absolute Gasteiger partial charge is 0.347 e. The van der Waals surface area contributed by atoms with Gasteiger partial charge in [-0.1, -0.05) is 22.4 Å². The largest absolute Gasteiger partial charge is 0.381 e. The third-order valence-electron chi connectivity index (χ3n) is 4.77. The zero-order chi connectivity index (χ0) is 18.3. The van der Waals surface area contributed by atoms with Crippen molar-refractivity contribution in [1.82, 2.24) is 10.2 Å². The van der Waals surface area contributed by atoms with Crippen LogP contribution in [-0.4, -0.2) is 41.2 Å². The Labute approximate surface area is 148 Å². The van der Waals surface area contributed by atoms with E-state index in [1.807, 2.05) is 0 Å². The molecule has 2 amide bonds. The average molecular weight is 356 g/mol. The summed E-state index contributed by atoms with van der Waals surface area (Å²) in [5.41, 5.74) is -0.0995. The highest BCUT2D eigenvalue weighted by atomic mass is 16.7. The molecule has 2 aliphatic heterocycles. The molecule has 0 N–H and O–H groups in total. The number of fused-ring (bicyclic) bond motifs is 1. The summed E-state index contributed by atoms with van der Waals surface area (Å²) in [5.74, 6) is -1.70. The van der Waals surface area contributed by atoms with E-state index in [1.165, 1.54) is 12.1 Å². The average Bonchev–Trinajstić information content (AvgIpc) is 3.20. The number of carbonyl (C=O) groups excluding carboxylic acids is 3. The molecule has 3 heterocycles. The van der Waals surface area contributed by atoms with E-state index in [1.54, 1.807) is 25.1 Å². The fourth-order valence-electron chi connectivity index (χ4n) is 3.28. The van der Waals surface area contributed by atoms with Gasteiger partial charge in [0.05, 0.1) is 16.8 Å². The molecule has 0 unspecified atom stereocenters. The Balaban J connectivity index is 1.64. The quantitative estimate of drug-likeness (QED) is 0.773. The predicted molar refractivity (Wildman–Crippen MR) is 86.0 cm³/mol. The summed E-state index contributed by atoms with van der Waals surface area (Å²) < 4.78 is 10.7. The van der Waals surface area contributed by atoms with Gasteiger partial charge in [-0.2, -0.15) is 0 Å². The number of benzene rings is 1. The van der Waals surface area contributed by atoms with E-state index in [-0.39, 0.29) is 11.1 Å². The number of hydroxylamine groups is 2. The molecule has 1 fully saturated rings. The molecule has 8 nitrogen and oxygen atoms in total. The Hall–Kier alpha value is -3.00. The molecule has 134 valence electrons. The first-order valence-electron chi connectivity index (χ1n) is 8.25. The third-order valence-corrected chi connectivity index (χ3v) is 4.77. The Morgan fingerprint density at radius 3 is 2.31 bits per heavy atom. The molecule has 1 saturated heterocycles. The normalized spacial score (nSPS) is 18.7. The summed E-state index contributed by atoms with van der Waals surface area (Å²) in [4.78, 5) is 43.2. The van der Waals surface area contributed by atoms with Gasteiger partial charge in [-0.05, 0) is 31.9 Å². The first-order valence-corrected chi connectivity index (χ1v) is 8.25. The van der Waals surface area contributed by atoms with Gasteiger partial charge in [0.2, 0.25) is 0 Å². The number of carbonyl (C=O) groups is 3. The van der Waals surface area contributed by atoms with Crippen molar-refractivity contribution in [2.75, 3.05) is 13.2 Å². The van der Waals surface area contributed by atoms with E-state index >= 15 is 0 Å². The summed E-state index contributed by atoms with van der Waals surface area (Å²) in [6.07, 6.45) is 0.618. The summed E-state index contributed by atoms with van der Waals surface area (Å²) in [6.45, 7) is 2.41. The highest BCUT2D eigenvalue weighted by Crippen LogP contribution is 2.37. The van der Waals surface area contributed by atoms with Crippen molar-refractivity contribution in [2.45, 2.75) is 25.2 Å². The molecule has 0 spiro atoms. The molecule has 1 aromatic carbocycles. The molecule has 0 atom stereocenters. The van der Waals surface area contributed by atoms with Crippen molar-refractivity contribution in [1.29, 1.82) is 0 Å². The molecule has 0 radical (unpaired) electrons. The van der Waals surface area contributed by atoms with Crippen molar-refractivity contribution in [3.63, 3.8) is 0 Å². The number of hydrogen-bond donors (Lipinski definition) is 0. The number of aromatic nitrogens is 1. The van der Waals surface area contributed by atoms with Gasteiger partial charge >= 0.3 is 5.97 Å². The Morgan fingerprint density at radius 2 is 1.77 bits per heavy atom. The summed E-state index contributed by atoms with van der Waals surface area (Å²) in [7, 11) is 0. The van der Waals surface area contributed by atoms with Gasteiger partial charge in [0.15, 0.2) is 5.76 Å². The SMILES string of the molecule is Cc1cc(C2(C(=O)ON3C(=O)c4ccccc4C3=O)CCOCC2)on1. The number of rotatable bonds is 3. The molecule has 26 heavy (non-hydrogen) atoms. The van der Waals surface area contributed by atoms with Crippen LogP contribution >= 0.6 is 0 Å². The fraction of sp³-hybridized carbons (Fsp3) is 0.333. The lowest BCUT2D eigenvalue weighted by Gasteiger charge is -2.32. The number of hydrogen-bond acceptors (Lipinski definition) is 7. The van der Waals surface area contributed by atoms with E-state index in [4.69, 9.17) is 14.1 Å². The van der Waals surface area contributed by atoms with Crippen LogP contribution < -0.4 is 0 Å². The third kappa shape index (κ3) is 2.41.